The molecule has 648 valence electrons. The molecule has 17 rings (SSSR count). The third-order valence-corrected chi connectivity index (χ3v) is 24.9. The zero-order valence-electron chi connectivity index (χ0n) is 66.8. The summed E-state index contributed by atoms with van der Waals surface area (Å²) in [7, 11) is 1.49. The molecule has 22 atom stereocenters. The van der Waals surface area contributed by atoms with E-state index < -0.39 is 234 Å². The maximum atomic E-state index is 16.6. The summed E-state index contributed by atoms with van der Waals surface area (Å²) in [4.78, 5) is 124. The zero-order chi connectivity index (χ0) is 86.2. The van der Waals surface area contributed by atoms with Crippen molar-refractivity contribution >= 4 is 58.9 Å². The van der Waals surface area contributed by atoms with Crippen molar-refractivity contribution in [2.75, 3.05) is 13.7 Å². The number of rotatable bonds is 16. The van der Waals surface area contributed by atoms with Crippen molar-refractivity contribution in [3.8, 4) is 57.1 Å². The number of ether oxygens (including phenoxy) is 8. The first kappa shape index (κ1) is 86.8. The highest BCUT2D eigenvalue weighted by atomic mass is 35.5. The largest absolute Gasteiger partial charge is 0.508 e. The number of aliphatic hydroxyl groups excluding tert-OH is 6. The van der Waals surface area contributed by atoms with Crippen LogP contribution in [0, 0.1) is 29.6 Å². The molecule has 8 amide bonds. The molecule has 5 aromatic carbocycles. The lowest BCUT2D eigenvalue weighted by Gasteiger charge is -2.54. The van der Waals surface area contributed by atoms with E-state index in [-0.39, 0.29) is 93.0 Å². The fourth-order valence-corrected chi connectivity index (χ4v) is 18.9. The fraction of sp³-hybridized carbons (Fsp3) is 0.542. The van der Waals surface area contributed by atoms with Crippen LogP contribution in [-0.4, -0.2) is 216 Å². The number of hydrogen-bond donors (Lipinski definition) is 20. The van der Waals surface area contributed by atoms with Crippen molar-refractivity contribution in [2.45, 2.75) is 239 Å². The number of hydrogen-bond acceptors (Lipinski definition) is 28. The Balaban J connectivity index is 0.989. The Bertz CT molecular complexity index is 4720. The van der Waals surface area contributed by atoms with E-state index in [4.69, 9.17) is 66.7 Å². The van der Waals surface area contributed by atoms with Crippen molar-refractivity contribution < 1.29 is 122 Å². The minimum absolute atomic E-state index is 0.0346. The number of amides is 8. The van der Waals surface area contributed by atoms with Crippen LogP contribution in [0.2, 0.25) is 5.02 Å². The van der Waals surface area contributed by atoms with Gasteiger partial charge in [-0.25, -0.2) is 0 Å². The molecular weight excluding hydrogens is 1590 g/mol. The van der Waals surface area contributed by atoms with Crippen LogP contribution in [-0.2, 0) is 62.0 Å². The minimum Gasteiger partial charge on any atom is -0.508 e. The number of fused-ring (bicyclic) bond motifs is 15. The number of primary amides is 1. The number of phenols is 3. The fourth-order valence-electron chi connectivity index (χ4n) is 18.6. The predicted octanol–water partition coefficient (Wildman–Crippen LogP) is 1.55. The van der Waals surface area contributed by atoms with Gasteiger partial charge in [-0.2, -0.15) is 0 Å². The van der Waals surface area contributed by atoms with Gasteiger partial charge in [-0.3, -0.25) is 38.4 Å². The van der Waals surface area contributed by atoms with Crippen LogP contribution in [0.25, 0.3) is 11.1 Å². The number of aromatic hydroxyl groups is 3. The van der Waals surface area contributed by atoms with Crippen LogP contribution < -0.4 is 73.9 Å². The highest BCUT2D eigenvalue weighted by Gasteiger charge is 2.54. The van der Waals surface area contributed by atoms with E-state index in [1.807, 2.05) is 13.8 Å². The van der Waals surface area contributed by atoms with Gasteiger partial charge in [0.1, 0.15) is 95.5 Å². The third kappa shape index (κ3) is 17.9. The van der Waals surface area contributed by atoms with E-state index in [0.717, 1.165) is 62.4 Å². The second-order valence-corrected chi connectivity index (χ2v) is 34.7. The molecular formula is C83H104ClN11O25. The Morgan fingerprint density at radius 1 is 0.642 bits per heavy atom. The Kier molecular flexibility index (Phi) is 25.1. The number of likely N-dealkylation sites (N-methyl/N-ethyl adjacent to an activating group) is 1. The molecule has 3 saturated heterocycles. The van der Waals surface area contributed by atoms with Gasteiger partial charge in [-0.15, -0.1) is 0 Å². The number of aliphatic hydroxyl groups is 6. The van der Waals surface area contributed by atoms with Gasteiger partial charge in [0.25, 0.3) is 0 Å². The summed E-state index contributed by atoms with van der Waals surface area (Å²) in [5.74, 6) is -12.6. The Labute approximate surface area is 694 Å². The molecule has 15 bridgehead atoms. The molecule has 4 aliphatic carbocycles. The highest BCUT2D eigenvalue weighted by Crippen LogP contribution is 2.55. The van der Waals surface area contributed by atoms with E-state index in [0.29, 0.717) is 11.8 Å². The summed E-state index contributed by atoms with van der Waals surface area (Å²) >= 11 is 7.20. The molecule has 23 N–H and O–H groups in total. The summed E-state index contributed by atoms with van der Waals surface area (Å²) in [5, 5.41) is 127. The van der Waals surface area contributed by atoms with Crippen LogP contribution in [0.4, 0.5) is 0 Å². The molecule has 4 saturated carbocycles. The Morgan fingerprint density at radius 2 is 1.24 bits per heavy atom. The number of carbonyl (C=O) groups excluding carboxylic acids is 8. The highest BCUT2D eigenvalue weighted by molar-refractivity contribution is 6.32. The van der Waals surface area contributed by atoms with E-state index in [1.165, 1.54) is 82.4 Å². The second-order valence-electron chi connectivity index (χ2n) is 34.3. The van der Waals surface area contributed by atoms with Gasteiger partial charge < -0.3 is 144 Å². The lowest BCUT2D eigenvalue weighted by Crippen LogP contribution is -2.64. The average Bonchev–Trinajstić information content (AvgIpc) is 0.756. The summed E-state index contributed by atoms with van der Waals surface area (Å²) < 4.78 is 52.5. The van der Waals surface area contributed by atoms with Crippen molar-refractivity contribution in [3.05, 3.63) is 118 Å². The third-order valence-electron chi connectivity index (χ3n) is 24.6. The quantitative estimate of drug-likeness (QED) is 0.0666. The maximum absolute atomic E-state index is 16.6. The van der Waals surface area contributed by atoms with Crippen molar-refractivity contribution in [1.82, 2.24) is 42.5 Å². The van der Waals surface area contributed by atoms with Gasteiger partial charge in [-0.05, 0) is 185 Å². The summed E-state index contributed by atoms with van der Waals surface area (Å²) in [6, 6.07) is 2.82. The lowest BCUT2D eigenvalue weighted by atomic mass is 9.54. The van der Waals surface area contributed by atoms with Gasteiger partial charge in [0.15, 0.2) is 30.2 Å². The van der Waals surface area contributed by atoms with Crippen LogP contribution in [0.1, 0.15) is 157 Å². The standard InChI is InChI=1S/C83H104ClN11O25/c1-32(2)16-48(88-7)74(106)94-64-66(101)39-11-15-52(47(84)23-39)116-54-25-42-24-53(70(54)120-81-71(68(103)67(102)55(31-96)117-81)119-58-30-83(6,87)73(105)34(4)114-58)115-44-12-8-37(9-13-44)69(118-57-29-82(5,86)72(104)33(3)113-57)65-80(112)93-63(78(110)90-60-40-18-35-17-36(20-40)21-41(60)19-35)46-26-43(97)27-51(99)59(46)45-22-38(10-14-50(45)98)61(76(108)95-65)92-77(109)62(42)91-75(107)49(28-56(85)100)89-79(64)111/h8-15,22-27,32-36,40-41,48-49,55,57-58,60-69,71-73,81,88,96-99,101-105H,16-21,28-31,86-87H2,1-7H3,(H2,85,100)(H,89,111)(H,90,110)(H,91,107)(H,92,109)(H,93,112)(H,94,106)(H,95,108)/t33?,34?,35?,36?,40?,41?,48-,49+,55?,57?,58?,60?,61-,62-,63+,64-,65-,66-,67?,68?,69-,71?,72?,73?,81?,82?,83?/m1/s1. The number of carbonyl (C=O) groups is 8. The molecule has 5 aromatic rings. The number of nitrogens with one attached hydrogen (secondary N) is 8. The SMILES string of the molecule is CN[C@H](CC(C)C)C(=O)N[C@H]1C(=O)N[C@@H](CC(N)=O)C(=O)N[C@H]2C(=O)N[C@H]3C(=O)N[C@@H](C(=O)N[C@H](C(=O)NC4C5CC6CC(C5)CC4C6)c4cc(O)cc(O)c4-c4cc3ccc4O)[C@H](OC3CC(C)(N)C(O)C(C)O3)c3ccc(cc3)Oc3cc2cc(c3OC2OC(CO)C(O)C(O)C2OC2CC(C)(N)C(O)C(C)O2)Oc2ccc(cc2Cl)[C@H]1O. The number of halogens is 1. The van der Waals surface area contributed by atoms with E-state index >= 15 is 28.8 Å². The molecule has 120 heavy (non-hydrogen) atoms. The van der Waals surface area contributed by atoms with Gasteiger partial charge in [0.05, 0.1) is 48.5 Å². The van der Waals surface area contributed by atoms with E-state index in [2.05, 4.69) is 42.5 Å². The minimum atomic E-state index is -2.32. The molecule has 36 nitrogen and oxygen atoms in total. The van der Waals surface area contributed by atoms with Crippen LogP contribution in [0.3, 0.4) is 0 Å². The first-order valence-corrected chi connectivity index (χ1v) is 40.7. The van der Waals surface area contributed by atoms with Crippen molar-refractivity contribution in [3.63, 3.8) is 0 Å². The van der Waals surface area contributed by atoms with E-state index in [1.54, 1.807) is 6.92 Å². The van der Waals surface area contributed by atoms with Crippen molar-refractivity contribution in [2.24, 2.45) is 46.8 Å². The number of nitrogens with two attached hydrogens (primary N) is 3. The normalized spacial score (nSPS) is 35.1. The summed E-state index contributed by atoms with van der Waals surface area (Å²) in [6.45, 7) is 8.83. The first-order valence-electron chi connectivity index (χ1n) is 40.3. The van der Waals surface area contributed by atoms with Gasteiger partial charge >= 0.3 is 0 Å². The smallest absolute Gasteiger partial charge is 0.248 e. The zero-order valence-corrected chi connectivity index (χ0v) is 67.6. The van der Waals surface area contributed by atoms with Crippen LogP contribution >= 0.6 is 11.6 Å². The molecule has 0 radical (unpaired) electrons. The molecule has 37 heteroatoms. The molecule has 0 aromatic heterocycles. The van der Waals surface area contributed by atoms with Gasteiger partial charge in [0, 0.05) is 47.2 Å². The Morgan fingerprint density at radius 3 is 1.85 bits per heavy atom. The van der Waals surface area contributed by atoms with Crippen LogP contribution in [0.15, 0.2) is 84.9 Å². The monoisotopic (exact) mass is 1690 g/mol. The molecule has 0 spiro atoms. The van der Waals surface area contributed by atoms with Crippen LogP contribution in [0.5, 0.6) is 46.0 Å². The van der Waals surface area contributed by atoms with Gasteiger partial charge in [-0.1, -0.05) is 49.7 Å². The second kappa shape index (κ2) is 34.7. The molecule has 8 aliphatic heterocycles. The predicted molar refractivity (Wildman–Crippen MR) is 422 cm³/mol. The Hall–Kier alpha value is -9.61. The number of phenolic OH excluding ortho intramolecular Hbond substituents is 3. The molecule has 8 heterocycles. The molecule has 12 aliphatic rings. The topological polar surface area (TPSA) is 567 Å². The average molecular weight is 1690 g/mol. The first-order chi connectivity index (χ1) is 56.8. The van der Waals surface area contributed by atoms with Crippen molar-refractivity contribution in [1.29, 1.82) is 0 Å². The summed E-state index contributed by atoms with van der Waals surface area (Å²) in [6.07, 6.45) is -17.6. The molecule has 13 unspecified atom stereocenters. The lowest BCUT2D eigenvalue weighted by molar-refractivity contribution is -0.333. The van der Waals surface area contributed by atoms with Gasteiger partial charge in [0.2, 0.25) is 59.3 Å². The molecule has 7 fully saturated rings. The summed E-state index contributed by atoms with van der Waals surface area (Å²) in [5.41, 5.74) is 14.7. The maximum Gasteiger partial charge on any atom is 0.248 e. The van der Waals surface area contributed by atoms with E-state index in [9.17, 15) is 55.5 Å². The number of benzene rings is 5.